The van der Waals surface area contributed by atoms with E-state index in [4.69, 9.17) is 4.74 Å². The van der Waals surface area contributed by atoms with Crippen LogP contribution in [0.4, 0.5) is 10.2 Å². The van der Waals surface area contributed by atoms with Crippen molar-refractivity contribution in [3.8, 4) is 11.3 Å². The molecule has 0 spiro atoms. The van der Waals surface area contributed by atoms with Gasteiger partial charge in [0.15, 0.2) is 0 Å². The molecule has 5 rings (SSSR count). The molecule has 3 aliphatic rings. The van der Waals surface area contributed by atoms with Gasteiger partial charge in [0.05, 0.1) is 5.69 Å². The second-order valence-corrected chi connectivity index (χ2v) is 9.83. The lowest BCUT2D eigenvalue weighted by molar-refractivity contribution is 0.0545. The Morgan fingerprint density at radius 1 is 1.03 bits per heavy atom. The van der Waals surface area contributed by atoms with Crippen molar-refractivity contribution in [2.75, 3.05) is 38.2 Å². The van der Waals surface area contributed by atoms with Gasteiger partial charge in [0.1, 0.15) is 11.6 Å². The van der Waals surface area contributed by atoms with Crippen LogP contribution in [0.2, 0.25) is 0 Å². The highest BCUT2D eigenvalue weighted by atomic mass is 19.1. The molecule has 3 heterocycles. The van der Waals surface area contributed by atoms with Crippen LogP contribution in [0.25, 0.3) is 11.3 Å². The number of halogens is 1. The first-order valence-corrected chi connectivity index (χ1v) is 11.7. The first-order valence-electron chi connectivity index (χ1n) is 11.7. The van der Waals surface area contributed by atoms with Gasteiger partial charge in [0.25, 0.3) is 0 Å². The van der Waals surface area contributed by atoms with Gasteiger partial charge in [-0.25, -0.2) is 4.39 Å². The van der Waals surface area contributed by atoms with Crippen LogP contribution in [-0.4, -0.2) is 54.0 Å². The first-order chi connectivity index (χ1) is 15.0. The number of benzene rings is 1. The minimum absolute atomic E-state index is 0.243. The molecule has 0 radical (unpaired) electrons. The van der Waals surface area contributed by atoms with Gasteiger partial charge in [-0.05, 0) is 86.6 Å². The summed E-state index contributed by atoms with van der Waals surface area (Å²) in [6.07, 6.45) is 4.86. The molecule has 1 saturated carbocycles. The molecule has 1 aromatic carbocycles. The highest BCUT2D eigenvalue weighted by molar-refractivity contribution is 5.67. The smallest absolute Gasteiger partial charge is 0.149 e. The molecule has 2 atom stereocenters. The zero-order valence-corrected chi connectivity index (χ0v) is 18.6. The number of anilines is 1. The molecule has 1 aromatic heterocycles. The Labute approximate surface area is 184 Å². The van der Waals surface area contributed by atoms with E-state index in [1.807, 2.05) is 13.8 Å². The molecule has 5 nitrogen and oxygen atoms in total. The average Bonchev–Trinajstić information content (AvgIpc) is 3.29. The van der Waals surface area contributed by atoms with Crippen molar-refractivity contribution in [1.29, 1.82) is 0 Å². The van der Waals surface area contributed by atoms with E-state index in [2.05, 4.69) is 26.5 Å². The molecule has 2 saturated heterocycles. The Kier molecular flexibility index (Phi) is 5.93. The van der Waals surface area contributed by atoms with Crippen molar-refractivity contribution in [3.05, 3.63) is 41.2 Å². The third-order valence-electron chi connectivity index (χ3n) is 7.48. The van der Waals surface area contributed by atoms with Gasteiger partial charge >= 0.3 is 0 Å². The minimum atomic E-state index is -0.243. The van der Waals surface area contributed by atoms with E-state index in [1.54, 1.807) is 12.1 Å². The summed E-state index contributed by atoms with van der Waals surface area (Å²) < 4.78 is 19.2. The number of aromatic nitrogens is 2. The summed E-state index contributed by atoms with van der Waals surface area (Å²) in [6.45, 7) is 9.61. The van der Waals surface area contributed by atoms with Crippen LogP contribution in [0.1, 0.15) is 36.8 Å². The topological polar surface area (TPSA) is 50.3 Å². The van der Waals surface area contributed by atoms with Gasteiger partial charge in [-0.3, -0.25) is 0 Å². The van der Waals surface area contributed by atoms with Crippen molar-refractivity contribution in [1.82, 2.24) is 15.1 Å². The molecule has 1 aliphatic carbocycles. The predicted octanol–water partition coefficient (Wildman–Crippen LogP) is 4.45. The Morgan fingerprint density at radius 3 is 2.48 bits per heavy atom. The Balaban J connectivity index is 1.18. The highest BCUT2D eigenvalue weighted by Crippen LogP contribution is 2.40. The number of hydrogen-bond donors (Lipinski definition) is 1. The largest absolute Gasteiger partial charge is 0.381 e. The lowest BCUT2D eigenvalue weighted by atomic mass is 10.00. The van der Waals surface area contributed by atoms with Gasteiger partial charge in [0.2, 0.25) is 0 Å². The number of likely N-dealkylation sites (tertiary alicyclic amines) is 1. The van der Waals surface area contributed by atoms with Gasteiger partial charge in [-0.15, -0.1) is 10.2 Å². The summed E-state index contributed by atoms with van der Waals surface area (Å²) in [5.41, 5.74) is 3.60. The number of ether oxygens (including phenoxy) is 1. The van der Waals surface area contributed by atoms with E-state index < -0.39 is 0 Å². The maximum absolute atomic E-state index is 13.7. The summed E-state index contributed by atoms with van der Waals surface area (Å²) in [7, 11) is 0. The number of hydrogen-bond acceptors (Lipinski definition) is 5. The number of aryl methyl sites for hydroxylation is 2. The Morgan fingerprint density at radius 2 is 1.77 bits per heavy atom. The lowest BCUT2D eigenvalue weighted by Crippen LogP contribution is -2.32. The molecule has 166 valence electrons. The zero-order valence-electron chi connectivity index (χ0n) is 18.6. The number of nitrogens with one attached hydrogen (secondary N) is 1. The molecule has 1 N–H and O–H groups in total. The molecule has 2 aliphatic heterocycles. The van der Waals surface area contributed by atoms with E-state index >= 15 is 0 Å². The standard InChI is InChI=1S/C25H33FN4O/c1-16-3-4-21(26)12-23(16)25-17(2)9-24(28-29-25)27-22-10-19-14-30(15-20(19)11-22)13-18-5-7-31-8-6-18/h3-4,9,12,18-20,22H,5-8,10-11,13-15H2,1-2H3,(H,27,28)/t19-,20-/m1/s1. The van der Waals surface area contributed by atoms with Crippen LogP contribution in [0.3, 0.4) is 0 Å². The van der Waals surface area contributed by atoms with Gasteiger partial charge < -0.3 is 15.0 Å². The van der Waals surface area contributed by atoms with Crippen LogP contribution in [0.15, 0.2) is 24.3 Å². The quantitative estimate of drug-likeness (QED) is 0.769. The molecule has 0 amide bonds. The van der Waals surface area contributed by atoms with E-state index in [1.165, 1.54) is 51.4 Å². The van der Waals surface area contributed by atoms with E-state index in [9.17, 15) is 4.39 Å². The number of nitrogens with zero attached hydrogens (tertiary/aromatic N) is 3. The van der Waals surface area contributed by atoms with Gasteiger partial charge in [-0.2, -0.15) is 0 Å². The lowest BCUT2D eigenvalue weighted by Gasteiger charge is -2.27. The monoisotopic (exact) mass is 424 g/mol. The highest BCUT2D eigenvalue weighted by Gasteiger charge is 2.41. The molecule has 3 fully saturated rings. The van der Waals surface area contributed by atoms with E-state index in [0.29, 0.717) is 6.04 Å². The summed E-state index contributed by atoms with van der Waals surface area (Å²) in [4.78, 5) is 2.70. The maximum atomic E-state index is 13.7. The van der Waals surface area contributed by atoms with Crippen molar-refractivity contribution in [2.24, 2.45) is 17.8 Å². The van der Waals surface area contributed by atoms with Crippen molar-refractivity contribution in [2.45, 2.75) is 45.6 Å². The molecular formula is C25H33FN4O. The fraction of sp³-hybridized carbons (Fsp3) is 0.600. The number of fused-ring (bicyclic) bond motifs is 1. The maximum Gasteiger partial charge on any atom is 0.149 e. The summed E-state index contributed by atoms with van der Waals surface area (Å²) in [5.74, 6) is 2.99. The second kappa shape index (κ2) is 8.83. The molecule has 0 bridgehead atoms. The number of rotatable bonds is 5. The summed E-state index contributed by atoms with van der Waals surface area (Å²) >= 11 is 0. The SMILES string of the molecule is Cc1ccc(F)cc1-c1nnc(NC2C[C@@H]3CN(CC4CCOCC4)C[C@H]3C2)cc1C. The van der Waals surface area contributed by atoms with Gasteiger partial charge in [0, 0.05) is 44.5 Å². The minimum Gasteiger partial charge on any atom is -0.381 e. The van der Waals surface area contributed by atoms with Crippen molar-refractivity contribution in [3.63, 3.8) is 0 Å². The summed E-state index contributed by atoms with van der Waals surface area (Å²) in [6, 6.07) is 7.34. The van der Waals surface area contributed by atoms with Crippen molar-refractivity contribution < 1.29 is 9.13 Å². The van der Waals surface area contributed by atoms with Crippen LogP contribution in [0.5, 0.6) is 0 Å². The molecule has 2 aromatic rings. The first kappa shape index (κ1) is 20.8. The third kappa shape index (κ3) is 4.60. The molecule has 6 heteroatoms. The van der Waals surface area contributed by atoms with Crippen LogP contribution in [0, 0.1) is 37.4 Å². The zero-order chi connectivity index (χ0) is 21.4. The average molecular weight is 425 g/mol. The second-order valence-electron chi connectivity index (χ2n) is 9.83. The van der Waals surface area contributed by atoms with Crippen LogP contribution in [-0.2, 0) is 4.74 Å². The van der Waals surface area contributed by atoms with Crippen molar-refractivity contribution >= 4 is 5.82 Å². The molecular weight excluding hydrogens is 391 g/mol. The fourth-order valence-corrected chi connectivity index (χ4v) is 5.84. The predicted molar refractivity (Wildman–Crippen MR) is 121 cm³/mol. The van der Waals surface area contributed by atoms with Crippen LogP contribution < -0.4 is 5.32 Å². The van der Waals surface area contributed by atoms with Crippen LogP contribution >= 0.6 is 0 Å². The van der Waals surface area contributed by atoms with Gasteiger partial charge in [-0.1, -0.05) is 6.07 Å². The van der Waals surface area contributed by atoms with E-state index in [-0.39, 0.29) is 5.82 Å². The third-order valence-corrected chi connectivity index (χ3v) is 7.48. The molecule has 31 heavy (non-hydrogen) atoms. The van der Waals surface area contributed by atoms with E-state index in [0.717, 1.165) is 59.2 Å². The molecule has 0 unspecified atom stereocenters. The Hall–Kier alpha value is -2.05. The Bertz CT molecular complexity index is 916. The fourth-order valence-electron chi connectivity index (χ4n) is 5.84. The summed E-state index contributed by atoms with van der Waals surface area (Å²) in [5, 5.41) is 12.5. The normalized spacial score (nSPS) is 25.1.